The summed E-state index contributed by atoms with van der Waals surface area (Å²) in [5, 5.41) is 12.1. The number of likely N-dealkylation sites (tertiary alicyclic amines) is 1. The standard InChI is InChI=1S/C16H28N2O3/c1-11-5-3-7-14(11)17-16(21)18-8-4-6-13(10-18)12(2)9-15(19)20/h11-14H,3-10H2,1-2H3,(H,17,21)(H,19,20). The first-order valence-electron chi connectivity index (χ1n) is 8.24. The normalized spacial score (nSPS) is 31.0. The Labute approximate surface area is 127 Å². The minimum Gasteiger partial charge on any atom is -0.481 e. The van der Waals surface area contributed by atoms with Gasteiger partial charge in [0.05, 0.1) is 0 Å². The zero-order valence-electron chi connectivity index (χ0n) is 13.2. The smallest absolute Gasteiger partial charge is 0.317 e. The van der Waals surface area contributed by atoms with Crippen molar-refractivity contribution in [1.82, 2.24) is 10.2 Å². The van der Waals surface area contributed by atoms with E-state index in [1.165, 1.54) is 12.8 Å². The van der Waals surface area contributed by atoms with Crippen molar-refractivity contribution in [3.63, 3.8) is 0 Å². The monoisotopic (exact) mass is 296 g/mol. The van der Waals surface area contributed by atoms with Gasteiger partial charge >= 0.3 is 12.0 Å². The van der Waals surface area contributed by atoms with Gasteiger partial charge in [0.15, 0.2) is 0 Å². The van der Waals surface area contributed by atoms with Gasteiger partial charge in [-0.25, -0.2) is 4.79 Å². The number of urea groups is 1. The second-order valence-electron chi connectivity index (χ2n) is 6.89. The van der Waals surface area contributed by atoms with Gasteiger partial charge in [-0.3, -0.25) is 4.79 Å². The van der Waals surface area contributed by atoms with Crippen LogP contribution in [0.25, 0.3) is 0 Å². The lowest BCUT2D eigenvalue weighted by Crippen LogP contribution is -2.50. The molecule has 1 aliphatic heterocycles. The van der Waals surface area contributed by atoms with Gasteiger partial charge < -0.3 is 15.3 Å². The van der Waals surface area contributed by atoms with E-state index in [-0.39, 0.29) is 18.4 Å². The number of piperidine rings is 1. The molecule has 0 aromatic rings. The van der Waals surface area contributed by atoms with E-state index in [0.717, 1.165) is 25.8 Å². The van der Waals surface area contributed by atoms with Gasteiger partial charge in [0, 0.05) is 25.6 Å². The highest BCUT2D eigenvalue weighted by Gasteiger charge is 2.31. The van der Waals surface area contributed by atoms with Crippen LogP contribution in [-0.4, -0.2) is 41.1 Å². The fraction of sp³-hybridized carbons (Fsp3) is 0.875. The SMILES string of the molecule is CC(CC(=O)O)C1CCCN(C(=O)NC2CCCC2C)C1. The van der Waals surface area contributed by atoms with Crippen molar-refractivity contribution in [3.05, 3.63) is 0 Å². The van der Waals surface area contributed by atoms with E-state index < -0.39 is 5.97 Å². The number of carbonyl (C=O) groups is 2. The van der Waals surface area contributed by atoms with Crippen LogP contribution in [0.15, 0.2) is 0 Å². The molecule has 4 unspecified atom stereocenters. The number of nitrogens with zero attached hydrogens (tertiary/aromatic N) is 1. The Morgan fingerprint density at radius 3 is 2.67 bits per heavy atom. The Morgan fingerprint density at radius 2 is 2.05 bits per heavy atom. The molecule has 0 spiro atoms. The first kappa shape index (κ1) is 16.1. The van der Waals surface area contributed by atoms with Crippen molar-refractivity contribution < 1.29 is 14.7 Å². The summed E-state index contributed by atoms with van der Waals surface area (Å²) in [6.07, 6.45) is 5.67. The highest BCUT2D eigenvalue weighted by molar-refractivity contribution is 5.74. The molecule has 0 aromatic carbocycles. The highest BCUT2D eigenvalue weighted by atomic mass is 16.4. The molecular formula is C16H28N2O3. The average Bonchev–Trinajstić information content (AvgIpc) is 2.83. The molecule has 4 atom stereocenters. The summed E-state index contributed by atoms with van der Waals surface area (Å²) in [5.74, 6) is 0.259. The third kappa shape index (κ3) is 4.35. The van der Waals surface area contributed by atoms with Gasteiger partial charge in [-0.1, -0.05) is 20.3 Å². The lowest BCUT2D eigenvalue weighted by atomic mass is 9.85. The molecule has 120 valence electrons. The number of carbonyl (C=O) groups excluding carboxylic acids is 1. The molecular weight excluding hydrogens is 268 g/mol. The predicted molar refractivity (Wildman–Crippen MR) is 81.0 cm³/mol. The van der Waals surface area contributed by atoms with Gasteiger partial charge in [0.25, 0.3) is 0 Å². The Hall–Kier alpha value is -1.26. The number of rotatable bonds is 4. The van der Waals surface area contributed by atoms with E-state index in [0.29, 0.717) is 24.4 Å². The van der Waals surface area contributed by atoms with Crippen LogP contribution >= 0.6 is 0 Å². The Kier molecular flexibility index (Phi) is 5.48. The zero-order valence-corrected chi connectivity index (χ0v) is 13.2. The molecule has 2 rings (SSSR count). The summed E-state index contributed by atoms with van der Waals surface area (Å²) in [5.41, 5.74) is 0. The fourth-order valence-corrected chi connectivity index (χ4v) is 3.71. The van der Waals surface area contributed by atoms with Crippen molar-refractivity contribution >= 4 is 12.0 Å². The maximum Gasteiger partial charge on any atom is 0.317 e. The molecule has 2 N–H and O–H groups in total. The highest BCUT2D eigenvalue weighted by Crippen LogP contribution is 2.28. The third-order valence-corrected chi connectivity index (χ3v) is 5.22. The van der Waals surface area contributed by atoms with E-state index in [4.69, 9.17) is 5.11 Å². The maximum atomic E-state index is 12.4. The van der Waals surface area contributed by atoms with Crippen LogP contribution in [0.3, 0.4) is 0 Å². The van der Waals surface area contributed by atoms with Gasteiger partial charge in [0.2, 0.25) is 0 Å². The third-order valence-electron chi connectivity index (χ3n) is 5.22. The number of carboxylic acid groups (broad SMARTS) is 1. The van der Waals surface area contributed by atoms with Gasteiger partial charge in [-0.05, 0) is 43.4 Å². The van der Waals surface area contributed by atoms with Crippen molar-refractivity contribution in [1.29, 1.82) is 0 Å². The predicted octanol–water partition coefficient (Wildman–Crippen LogP) is 2.71. The van der Waals surface area contributed by atoms with Crippen LogP contribution in [0.4, 0.5) is 4.79 Å². The Bertz CT molecular complexity index is 386. The van der Waals surface area contributed by atoms with E-state index in [1.807, 2.05) is 11.8 Å². The van der Waals surface area contributed by atoms with E-state index in [2.05, 4.69) is 12.2 Å². The molecule has 21 heavy (non-hydrogen) atoms. The summed E-state index contributed by atoms with van der Waals surface area (Å²) in [4.78, 5) is 25.1. The Balaban J connectivity index is 1.85. The number of nitrogens with one attached hydrogen (secondary N) is 1. The second kappa shape index (κ2) is 7.14. The summed E-state index contributed by atoms with van der Waals surface area (Å²) in [6, 6.07) is 0.357. The molecule has 1 aliphatic carbocycles. The first-order chi connectivity index (χ1) is 9.97. The summed E-state index contributed by atoms with van der Waals surface area (Å²) < 4.78 is 0. The zero-order chi connectivity index (χ0) is 15.4. The molecule has 1 heterocycles. The molecule has 5 nitrogen and oxygen atoms in total. The van der Waals surface area contributed by atoms with Gasteiger partial charge in [-0.15, -0.1) is 0 Å². The van der Waals surface area contributed by atoms with E-state index >= 15 is 0 Å². The first-order valence-corrected chi connectivity index (χ1v) is 8.24. The van der Waals surface area contributed by atoms with Crippen LogP contribution in [0.1, 0.15) is 52.4 Å². The Morgan fingerprint density at radius 1 is 1.29 bits per heavy atom. The molecule has 0 aromatic heterocycles. The molecule has 1 saturated heterocycles. The lowest BCUT2D eigenvalue weighted by Gasteiger charge is -2.36. The van der Waals surface area contributed by atoms with Crippen LogP contribution in [0.2, 0.25) is 0 Å². The fourth-order valence-electron chi connectivity index (χ4n) is 3.71. The van der Waals surface area contributed by atoms with E-state index in [9.17, 15) is 9.59 Å². The molecule has 2 amide bonds. The molecule has 2 fully saturated rings. The average molecular weight is 296 g/mol. The van der Waals surface area contributed by atoms with E-state index in [1.54, 1.807) is 0 Å². The molecule has 0 bridgehead atoms. The topological polar surface area (TPSA) is 69.6 Å². The van der Waals surface area contributed by atoms with Crippen LogP contribution in [-0.2, 0) is 4.79 Å². The number of amides is 2. The van der Waals surface area contributed by atoms with Crippen molar-refractivity contribution in [2.24, 2.45) is 17.8 Å². The number of hydrogen-bond donors (Lipinski definition) is 2. The number of aliphatic carboxylic acids is 1. The quantitative estimate of drug-likeness (QED) is 0.838. The molecule has 1 saturated carbocycles. The summed E-state index contributed by atoms with van der Waals surface area (Å²) in [7, 11) is 0. The summed E-state index contributed by atoms with van der Waals surface area (Å²) >= 11 is 0. The minimum absolute atomic E-state index is 0.0426. The second-order valence-corrected chi connectivity index (χ2v) is 6.89. The van der Waals surface area contributed by atoms with Gasteiger partial charge in [0.1, 0.15) is 0 Å². The number of carboxylic acids is 1. The maximum absolute atomic E-state index is 12.4. The number of hydrogen-bond acceptors (Lipinski definition) is 2. The lowest BCUT2D eigenvalue weighted by molar-refractivity contribution is -0.138. The minimum atomic E-state index is -0.746. The molecule has 2 aliphatic rings. The molecule has 5 heteroatoms. The van der Waals surface area contributed by atoms with Crippen LogP contribution in [0.5, 0.6) is 0 Å². The van der Waals surface area contributed by atoms with Crippen LogP contribution in [0, 0.1) is 17.8 Å². The largest absolute Gasteiger partial charge is 0.481 e. The van der Waals surface area contributed by atoms with Crippen LogP contribution < -0.4 is 5.32 Å². The van der Waals surface area contributed by atoms with Crippen molar-refractivity contribution in [3.8, 4) is 0 Å². The van der Waals surface area contributed by atoms with Crippen molar-refractivity contribution in [2.75, 3.05) is 13.1 Å². The molecule has 0 radical (unpaired) electrons. The summed E-state index contributed by atoms with van der Waals surface area (Å²) in [6.45, 7) is 5.68. The van der Waals surface area contributed by atoms with Crippen molar-refractivity contribution in [2.45, 2.75) is 58.4 Å². The van der Waals surface area contributed by atoms with Gasteiger partial charge in [-0.2, -0.15) is 0 Å².